The maximum atomic E-state index is 12.4. The van der Waals surface area contributed by atoms with Crippen LogP contribution in [0, 0.1) is 0 Å². The second kappa shape index (κ2) is 10.2. The number of carbonyl (C=O) groups excluding carboxylic acids is 2. The topological polar surface area (TPSA) is 114 Å². The standard InChI is InChI=1S/C24H29N3O6S/c1-24(2,3)33-23(29)26-20-16-18(9-12-21(20)32-4)25-22(28)13-8-17-6-10-19(11-7-17)27-14-5-15-34(27,30)31/h6-13,16H,5,14-15H2,1-4H3,(H,25,28)(H,26,29)/b13-8+. The molecule has 182 valence electrons. The van der Waals surface area contributed by atoms with Gasteiger partial charge >= 0.3 is 6.09 Å². The summed E-state index contributed by atoms with van der Waals surface area (Å²) in [4.78, 5) is 24.5. The van der Waals surface area contributed by atoms with Crippen LogP contribution in [0.25, 0.3) is 6.08 Å². The summed E-state index contributed by atoms with van der Waals surface area (Å²) < 4.78 is 36.0. The van der Waals surface area contributed by atoms with Crippen molar-refractivity contribution in [3.8, 4) is 5.75 Å². The summed E-state index contributed by atoms with van der Waals surface area (Å²) in [6.45, 7) is 5.75. The first-order valence-electron chi connectivity index (χ1n) is 10.7. The molecule has 2 aromatic rings. The van der Waals surface area contributed by atoms with Crippen molar-refractivity contribution in [1.29, 1.82) is 0 Å². The molecular formula is C24H29N3O6S. The fourth-order valence-corrected chi connectivity index (χ4v) is 4.90. The lowest BCUT2D eigenvalue weighted by Crippen LogP contribution is -2.27. The van der Waals surface area contributed by atoms with Crippen molar-refractivity contribution in [2.45, 2.75) is 32.8 Å². The van der Waals surface area contributed by atoms with E-state index in [-0.39, 0.29) is 11.7 Å². The van der Waals surface area contributed by atoms with Crippen molar-refractivity contribution in [1.82, 2.24) is 0 Å². The quantitative estimate of drug-likeness (QED) is 0.590. The molecule has 2 N–H and O–H groups in total. The second-order valence-electron chi connectivity index (χ2n) is 8.70. The number of methoxy groups -OCH3 is 1. The summed E-state index contributed by atoms with van der Waals surface area (Å²) in [7, 11) is -1.76. The molecule has 10 heteroatoms. The Balaban J connectivity index is 1.64. The number of nitrogens with zero attached hydrogens (tertiary/aromatic N) is 1. The fraction of sp³-hybridized carbons (Fsp3) is 0.333. The van der Waals surface area contributed by atoms with Crippen LogP contribution in [0.2, 0.25) is 0 Å². The maximum Gasteiger partial charge on any atom is 0.412 e. The van der Waals surface area contributed by atoms with Crippen LogP contribution in [0.15, 0.2) is 48.5 Å². The number of hydrogen-bond acceptors (Lipinski definition) is 6. The normalized spacial score (nSPS) is 15.2. The summed E-state index contributed by atoms with van der Waals surface area (Å²) in [6, 6.07) is 11.8. The van der Waals surface area contributed by atoms with Crippen molar-refractivity contribution in [2.24, 2.45) is 0 Å². The number of hydrogen-bond donors (Lipinski definition) is 2. The SMILES string of the molecule is COc1ccc(NC(=O)/C=C/c2ccc(N3CCCS3(=O)=O)cc2)cc1NC(=O)OC(C)(C)C. The molecule has 0 aromatic heterocycles. The fourth-order valence-electron chi connectivity index (χ4n) is 3.33. The lowest BCUT2D eigenvalue weighted by molar-refractivity contribution is -0.111. The molecule has 34 heavy (non-hydrogen) atoms. The average Bonchev–Trinajstić information content (AvgIpc) is 3.10. The summed E-state index contributed by atoms with van der Waals surface area (Å²) in [6.07, 6.45) is 2.97. The van der Waals surface area contributed by atoms with Crippen molar-refractivity contribution in [3.05, 3.63) is 54.1 Å². The minimum atomic E-state index is -3.23. The lowest BCUT2D eigenvalue weighted by Gasteiger charge is -2.20. The highest BCUT2D eigenvalue weighted by atomic mass is 32.2. The zero-order valence-electron chi connectivity index (χ0n) is 19.6. The third-order valence-corrected chi connectivity index (χ3v) is 6.68. The molecule has 0 radical (unpaired) electrons. The van der Waals surface area contributed by atoms with Gasteiger partial charge < -0.3 is 14.8 Å². The molecule has 2 amide bonds. The van der Waals surface area contributed by atoms with Gasteiger partial charge in [0.2, 0.25) is 15.9 Å². The van der Waals surface area contributed by atoms with Crippen molar-refractivity contribution >= 4 is 45.2 Å². The number of anilines is 3. The van der Waals surface area contributed by atoms with E-state index in [1.54, 1.807) is 69.3 Å². The van der Waals surface area contributed by atoms with Crippen LogP contribution in [0.3, 0.4) is 0 Å². The Hall–Kier alpha value is -3.53. The van der Waals surface area contributed by atoms with E-state index in [4.69, 9.17) is 9.47 Å². The Bertz CT molecular complexity index is 1180. The molecule has 3 rings (SSSR count). The van der Waals surface area contributed by atoms with E-state index < -0.39 is 21.7 Å². The van der Waals surface area contributed by atoms with Crippen LogP contribution in [-0.2, 0) is 19.6 Å². The van der Waals surface area contributed by atoms with Crippen LogP contribution in [0.4, 0.5) is 21.9 Å². The van der Waals surface area contributed by atoms with E-state index in [1.165, 1.54) is 17.5 Å². The predicted octanol–water partition coefficient (Wildman–Crippen LogP) is 4.23. The van der Waals surface area contributed by atoms with E-state index in [1.807, 2.05) is 0 Å². The minimum absolute atomic E-state index is 0.162. The third-order valence-electron chi connectivity index (χ3n) is 4.81. The van der Waals surface area contributed by atoms with Crippen molar-refractivity contribution in [2.75, 3.05) is 34.3 Å². The number of nitrogens with one attached hydrogen (secondary N) is 2. The molecule has 0 aliphatic carbocycles. The predicted molar refractivity (Wildman–Crippen MR) is 133 cm³/mol. The first-order chi connectivity index (χ1) is 16.0. The van der Waals surface area contributed by atoms with E-state index >= 15 is 0 Å². The number of benzene rings is 2. The van der Waals surface area contributed by atoms with E-state index in [0.29, 0.717) is 35.8 Å². The second-order valence-corrected chi connectivity index (χ2v) is 10.7. The Morgan fingerprint density at radius 2 is 1.76 bits per heavy atom. The van der Waals surface area contributed by atoms with Crippen molar-refractivity contribution < 1.29 is 27.5 Å². The summed E-state index contributed by atoms with van der Waals surface area (Å²) in [5.74, 6) is 0.203. The van der Waals surface area contributed by atoms with Crippen molar-refractivity contribution in [3.63, 3.8) is 0 Å². The van der Waals surface area contributed by atoms with Gasteiger partial charge in [0.15, 0.2) is 0 Å². The molecule has 0 spiro atoms. The summed E-state index contributed by atoms with van der Waals surface area (Å²) in [5.41, 5.74) is 1.51. The highest BCUT2D eigenvalue weighted by molar-refractivity contribution is 7.93. The summed E-state index contributed by atoms with van der Waals surface area (Å²) >= 11 is 0. The van der Waals surface area contributed by atoms with Gasteiger partial charge in [-0.05, 0) is 69.2 Å². The zero-order chi connectivity index (χ0) is 24.9. The van der Waals surface area contributed by atoms with Gasteiger partial charge in [-0.1, -0.05) is 12.1 Å². The lowest BCUT2D eigenvalue weighted by atomic mass is 10.2. The average molecular weight is 488 g/mol. The van der Waals surface area contributed by atoms with Crippen LogP contribution in [0.1, 0.15) is 32.8 Å². The number of amides is 2. The first-order valence-corrected chi connectivity index (χ1v) is 12.4. The first kappa shape index (κ1) is 25.1. The Labute approximate surface area is 199 Å². The number of sulfonamides is 1. The minimum Gasteiger partial charge on any atom is -0.495 e. The molecule has 1 fully saturated rings. The molecular weight excluding hydrogens is 458 g/mol. The van der Waals surface area contributed by atoms with Gasteiger partial charge in [-0.2, -0.15) is 0 Å². The summed E-state index contributed by atoms with van der Waals surface area (Å²) in [5, 5.41) is 5.35. The molecule has 1 aliphatic rings. The molecule has 0 saturated carbocycles. The van der Waals surface area contributed by atoms with Gasteiger partial charge in [0, 0.05) is 18.3 Å². The Morgan fingerprint density at radius 3 is 2.35 bits per heavy atom. The Morgan fingerprint density at radius 1 is 1.06 bits per heavy atom. The largest absolute Gasteiger partial charge is 0.495 e. The van der Waals surface area contributed by atoms with E-state index in [0.717, 1.165) is 5.56 Å². The van der Waals surface area contributed by atoms with Gasteiger partial charge in [-0.15, -0.1) is 0 Å². The molecule has 1 saturated heterocycles. The van der Waals surface area contributed by atoms with Crippen LogP contribution >= 0.6 is 0 Å². The van der Waals surface area contributed by atoms with Gasteiger partial charge in [0.1, 0.15) is 11.4 Å². The number of rotatable bonds is 6. The molecule has 0 unspecified atom stereocenters. The number of carbonyl (C=O) groups is 2. The highest BCUT2D eigenvalue weighted by Crippen LogP contribution is 2.29. The van der Waals surface area contributed by atoms with Gasteiger partial charge in [0.05, 0.1) is 24.2 Å². The zero-order valence-corrected chi connectivity index (χ0v) is 20.4. The third kappa shape index (κ3) is 6.74. The van der Waals surface area contributed by atoms with Crippen LogP contribution in [-0.4, -0.2) is 45.4 Å². The van der Waals surface area contributed by atoms with E-state index in [9.17, 15) is 18.0 Å². The molecule has 1 aliphatic heterocycles. The van der Waals surface area contributed by atoms with E-state index in [2.05, 4.69) is 10.6 Å². The van der Waals surface area contributed by atoms with Crippen LogP contribution < -0.4 is 19.7 Å². The van der Waals surface area contributed by atoms with Gasteiger partial charge in [0.25, 0.3) is 0 Å². The highest BCUT2D eigenvalue weighted by Gasteiger charge is 2.28. The molecule has 0 bridgehead atoms. The molecule has 2 aromatic carbocycles. The maximum absolute atomic E-state index is 12.4. The molecule has 1 heterocycles. The van der Waals surface area contributed by atoms with Crippen LogP contribution in [0.5, 0.6) is 5.75 Å². The van der Waals surface area contributed by atoms with Gasteiger partial charge in [-0.25, -0.2) is 13.2 Å². The number of ether oxygens (including phenoxy) is 2. The monoisotopic (exact) mass is 487 g/mol. The molecule has 9 nitrogen and oxygen atoms in total. The smallest absolute Gasteiger partial charge is 0.412 e. The molecule has 0 atom stereocenters. The van der Waals surface area contributed by atoms with Gasteiger partial charge in [-0.3, -0.25) is 14.4 Å². The Kier molecular flexibility index (Phi) is 7.51.